The number of H-pyrrole nitrogens is 2. The Balaban J connectivity index is 1.45. The molecule has 0 saturated heterocycles. The highest BCUT2D eigenvalue weighted by atomic mass is 14.9. The highest BCUT2D eigenvalue weighted by Crippen LogP contribution is 2.47. The van der Waals surface area contributed by atoms with Gasteiger partial charge in [-0.2, -0.15) is 0 Å². The van der Waals surface area contributed by atoms with Gasteiger partial charge in [-0.15, -0.1) is 0 Å². The van der Waals surface area contributed by atoms with Gasteiger partial charge in [-0.1, -0.05) is 121 Å². The van der Waals surface area contributed by atoms with Crippen molar-refractivity contribution in [1.29, 1.82) is 0 Å². The molecule has 4 aromatic heterocycles. The molecule has 0 amide bonds. The van der Waals surface area contributed by atoms with Gasteiger partial charge in [0.05, 0.1) is 22.8 Å². The maximum Gasteiger partial charge on any atom is 0.0831 e. The van der Waals surface area contributed by atoms with Crippen molar-refractivity contribution >= 4 is 34.2 Å². The van der Waals surface area contributed by atoms with Crippen molar-refractivity contribution in [3.8, 4) is 67.0 Å². The summed E-state index contributed by atoms with van der Waals surface area (Å²) in [5.41, 5.74) is 18.4. The first-order valence-electron chi connectivity index (χ1n) is 17.6. The Morgan fingerprint density at radius 1 is 0.385 bits per heavy atom. The van der Waals surface area contributed by atoms with Crippen molar-refractivity contribution in [3.05, 3.63) is 169 Å². The fourth-order valence-electron chi connectivity index (χ4n) is 7.73. The molecule has 2 N–H and O–H groups in total. The van der Waals surface area contributed by atoms with Crippen molar-refractivity contribution in [2.45, 2.75) is 0 Å². The van der Waals surface area contributed by atoms with Crippen LogP contribution in [0.2, 0.25) is 0 Å². The molecule has 0 atom stereocenters. The molecule has 8 aromatic rings. The predicted molar refractivity (Wildman–Crippen MR) is 215 cm³/mol. The van der Waals surface area contributed by atoms with Crippen molar-refractivity contribution < 1.29 is 0 Å². The number of fused-ring (bicyclic) bond motifs is 11. The third-order valence-corrected chi connectivity index (χ3v) is 10.0. The molecule has 10 rings (SSSR count). The van der Waals surface area contributed by atoms with Crippen LogP contribution in [0.3, 0.4) is 0 Å². The monoisotopic (exact) mass is 667 g/mol. The summed E-state index contributed by atoms with van der Waals surface area (Å²) in [6.07, 6.45) is 8.68. The van der Waals surface area contributed by atoms with E-state index in [1.54, 1.807) is 0 Å². The molecule has 0 spiro atoms. The summed E-state index contributed by atoms with van der Waals surface area (Å²) in [6, 6.07) is 51.0. The van der Waals surface area contributed by atoms with E-state index in [4.69, 9.17) is 9.97 Å². The standard InChI is InChI=1S/C47H33N5/c1-52-28-34-35(29-52)47-45(33-20-12-5-13-21-33)41-27-25-39(50-41)43(31-16-8-3-9-17-31)37-23-22-36(48-37)42(30-14-6-2-7-15-30)38-24-26-40(49-38)44(46(34)51-47)32-18-10-4-11-19-32/h2-29,49-50H,1H3. The van der Waals surface area contributed by atoms with E-state index in [1.807, 2.05) is 0 Å². The predicted octanol–water partition coefficient (Wildman–Crippen LogP) is 11.8. The molecule has 0 aliphatic carbocycles. The number of aromatic amines is 2. The molecule has 246 valence electrons. The lowest BCUT2D eigenvalue weighted by Crippen LogP contribution is -1.89. The molecular weight excluding hydrogens is 635 g/mol. The second-order valence-electron chi connectivity index (χ2n) is 13.3. The number of aromatic nitrogens is 5. The molecular formula is C47H33N5. The van der Waals surface area contributed by atoms with Crippen LogP contribution in [0.25, 0.3) is 101 Å². The van der Waals surface area contributed by atoms with Crippen molar-refractivity contribution in [1.82, 2.24) is 24.5 Å². The topological polar surface area (TPSA) is 62.3 Å². The van der Waals surface area contributed by atoms with Gasteiger partial charge >= 0.3 is 0 Å². The van der Waals surface area contributed by atoms with Crippen LogP contribution in [0.4, 0.5) is 0 Å². The van der Waals surface area contributed by atoms with Crippen molar-refractivity contribution in [2.24, 2.45) is 7.05 Å². The van der Waals surface area contributed by atoms with E-state index in [-0.39, 0.29) is 0 Å². The Morgan fingerprint density at radius 2 is 0.712 bits per heavy atom. The maximum absolute atomic E-state index is 5.62. The number of nitrogens with one attached hydrogen (secondary N) is 2. The van der Waals surface area contributed by atoms with E-state index in [0.717, 1.165) is 100 Å². The molecule has 52 heavy (non-hydrogen) atoms. The molecule has 5 nitrogen and oxygen atoms in total. The number of benzene rings is 4. The average molecular weight is 668 g/mol. The van der Waals surface area contributed by atoms with Gasteiger partial charge in [-0.25, -0.2) is 9.97 Å². The SMILES string of the molecule is Cn1cc2c(c1)-c1nc-2c(-c2ccccc2)c2ccc([nH]2)c(-c2ccccc2)c2nc(c(-c3ccccc3)c3ccc([nH]3)c1-c1ccccc1)C=C2. The quantitative estimate of drug-likeness (QED) is 0.196. The largest absolute Gasteiger partial charge is 0.356 e. The summed E-state index contributed by atoms with van der Waals surface area (Å²) in [5, 5.41) is 0. The van der Waals surface area contributed by atoms with Crippen LogP contribution >= 0.6 is 0 Å². The van der Waals surface area contributed by atoms with Crippen LogP contribution in [-0.2, 0) is 7.05 Å². The fourth-order valence-corrected chi connectivity index (χ4v) is 7.73. The smallest absolute Gasteiger partial charge is 0.0831 e. The number of rotatable bonds is 4. The molecule has 0 saturated carbocycles. The van der Waals surface area contributed by atoms with E-state index in [0.29, 0.717) is 0 Å². The van der Waals surface area contributed by atoms with Gasteiger partial charge < -0.3 is 14.5 Å². The van der Waals surface area contributed by atoms with Crippen molar-refractivity contribution in [2.75, 3.05) is 0 Å². The molecule has 8 bridgehead atoms. The first kappa shape index (κ1) is 29.9. The average Bonchev–Trinajstić information content (AvgIpc) is 4.04. The Bertz CT molecular complexity index is 2630. The van der Waals surface area contributed by atoms with Gasteiger partial charge in [0.25, 0.3) is 0 Å². The zero-order valence-electron chi connectivity index (χ0n) is 28.5. The van der Waals surface area contributed by atoms with Gasteiger partial charge in [-0.3, -0.25) is 0 Å². The fraction of sp³-hybridized carbons (Fsp3) is 0.0213. The van der Waals surface area contributed by atoms with Gasteiger partial charge in [0.2, 0.25) is 0 Å². The van der Waals surface area contributed by atoms with E-state index in [9.17, 15) is 0 Å². The van der Waals surface area contributed by atoms with E-state index in [1.165, 1.54) is 0 Å². The van der Waals surface area contributed by atoms with Crippen LogP contribution in [-0.4, -0.2) is 24.5 Å². The molecule has 4 aromatic carbocycles. The summed E-state index contributed by atoms with van der Waals surface area (Å²) < 4.78 is 2.14. The molecule has 0 fully saturated rings. The minimum Gasteiger partial charge on any atom is -0.356 e. The summed E-state index contributed by atoms with van der Waals surface area (Å²) in [4.78, 5) is 18.7. The molecule has 2 aliphatic rings. The Morgan fingerprint density at radius 3 is 1.08 bits per heavy atom. The first-order valence-corrected chi connectivity index (χ1v) is 17.6. The van der Waals surface area contributed by atoms with Gasteiger partial charge in [0.15, 0.2) is 0 Å². The first-order chi connectivity index (χ1) is 25.7. The lowest BCUT2D eigenvalue weighted by atomic mass is 9.98. The Labute approximate surface area is 301 Å². The van der Waals surface area contributed by atoms with Crippen LogP contribution in [0.15, 0.2) is 158 Å². The van der Waals surface area contributed by atoms with E-state index >= 15 is 0 Å². The normalized spacial score (nSPS) is 11.9. The summed E-state index contributed by atoms with van der Waals surface area (Å²) in [5.74, 6) is 0. The number of hydrogen-bond donors (Lipinski definition) is 2. The molecule has 0 unspecified atom stereocenters. The third-order valence-electron chi connectivity index (χ3n) is 10.0. The molecule has 2 aliphatic heterocycles. The molecule has 0 radical (unpaired) electrons. The summed E-state index contributed by atoms with van der Waals surface area (Å²) >= 11 is 0. The molecule has 6 heterocycles. The molecule has 5 heteroatoms. The van der Waals surface area contributed by atoms with Crippen LogP contribution in [0.5, 0.6) is 0 Å². The highest BCUT2D eigenvalue weighted by Gasteiger charge is 2.27. The van der Waals surface area contributed by atoms with Crippen LogP contribution in [0, 0.1) is 0 Å². The van der Waals surface area contributed by atoms with Gasteiger partial charge in [-0.05, 0) is 58.7 Å². The van der Waals surface area contributed by atoms with Crippen LogP contribution in [0.1, 0.15) is 11.4 Å². The highest BCUT2D eigenvalue weighted by molar-refractivity contribution is 6.05. The minimum atomic E-state index is 0.902. The Kier molecular flexibility index (Phi) is 6.96. The van der Waals surface area contributed by atoms with Gasteiger partial charge in [0.1, 0.15) is 0 Å². The van der Waals surface area contributed by atoms with E-state index in [2.05, 4.69) is 192 Å². The second-order valence-corrected chi connectivity index (χ2v) is 13.3. The number of hydrogen-bond acceptors (Lipinski definition) is 2. The minimum absolute atomic E-state index is 0.902. The number of nitrogens with zero attached hydrogens (tertiary/aromatic N) is 3. The zero-order valence-corrected chi connectivity index (χ0v) is 28.5. The zero-order chi connectivity index (χ0) is 34.6. The second kappa shape index (κ2) is 12.1. The van der Waals surface area contributed by atoms with E-state index < -0.39 is 0 Å². The lowest BCUT2D eigenvalue weighted by Gasteiger charge is -2.07. The lowest BCUT2D eigenvalue weighted by molar-refractivity contribution is 0.927. The number of aryl methyl sites for hydroxylation is 1. The summed E-state index contributed by atoms with van der Waals surface area (Å²) in [6.45, 7) is 0. The Hall–Kier alpha value is -6.98. The van der Waals surface area contributed by atoms with Crippen molar-refractivity contribution in [3.63, 3.8) is 0 Å². The summed E-state index contributed by atoms with van der Waals surface area (Å²) in [7, 11) is 2.09. The van der Waals surface area contributed by atoms with Gasteiger partial charge in [0, 0.05) is 74.9 Å². The van der Waals surface area contributed by atoms with Crippen LogP contribution < -0.4 is 0 Å². The maximum atomic E-state index is 5.62. The third kappa shape index (κ3) is 4.94.